The van der Waals surface area contributed by atoms with E-state index in [1.54, 1.807) is 24.3 Å². The van der Waals surface area contributed by atoms with Crippen LogP contribution in [-0.2, 0) is 9.84 Å². The topological polar surface area (TPSA) is 63.2 Å². The lowest BCUT2D eigenvalue weighted by molar-refractivity contribution is 0.0948. The molecule has 0 bridgehead atoms. The average Bonchev–Trinajstić information content (AvgIpc) is 2.67. The van der Waals surface area contributed by atoms with Gasteiger partial charge in [0.2, 0.25) is 0 Å². The molecule has 0 aliphatic carbocycles. The van der Waals surface area contributed by atoms with Crippen molar-refractivity contribution in [3.63, 3.8) is 0 Å². The molecule has 5 heteroatoms. The van der Waals surface area contributed by atoms with Gasteiger partial charge in [-0.1, -0.05) is 18.2 Å². The number of sulfone groups is 1. The maximum absolute atomic E-state index is 11.7. The van der Waals surface area contributed by atoms with Gasteiger partial charge in [-0.15, -0.1) is 0 Å². The highest BCUT2D eigenvalue weighted by Gasteiger charge is 2.27. The Balaban J connectivity index is 1.86. The van der Waals surface area contributed by atoms with E-state index >= 15 is 0 Å². The van der Waals surface area contributed by atoms with Gasteiger partial charge in [0.15, 0.2) is 9.84 Å². The Morgan fingerprint density at radius 3 is 2.59 bits per heavy atom. The molecular weight excluding hydrogens is 238 g/mol. The van der Waals surface area contributed by atoms with Gasteiger partial charge in [-0.25, -0.2) is 8.42 Å². The number of amides is 1. The van der Waals surface area contributed by atoms with E-state index in [0.717, 1.165) is 0 Å². The molecule has 1 unspecified atom stereocenters. The lowest BCUT2D eigenvalue weighted by Crippen LogP contribution is -2.29. The summed E-state index contributed by atoms with van der Waals surface area (Å²) >= 11 is 0. The number of rotatable bonds is 3. The molecule has 1 fully saturated rings. The number of hydrogen-bond acceptors (Lipinski definition) is 3. The van der Waals surface area contributed by atoms with Crippen LogP contribution in [0.5, 0.6) is 0 Å². The second-order valence-corrected chi connectivity index (χ2v) is 6.57. The molecule has 1 heterocycles. The van der Waals surface area contributed by atoms with E-state index in [1.165, 1.54) is 0 Å². The molecule has 2 rings (SSSR count). The second kappa shape index (κ2) is 4.87. The second-order valence-electron chi connectivity index (χ2n) is 4.35. The van der Waals surface area contributed by atoms with Crippen molar-refractivity contribution in [3.05, 3.63) is 35.9 Å². The molecule has 17 heavy (non-hydrogen) atoms. The van der Waals surface area contributed by atoms with E-state index in [0.29, 0.717) is 18.5 Å². The van der Waals surface area contributed by atoms with Crippen molar-refractivity contribution in [3.8, 4) is 0 Å². The monoisotopic (exact) mass is 253 g/mol. The first-order valence-electron chi connectivity index (χ1n) is 5.60. The predicted molar refractivity (Wildman–Crippen MR) is 65.5 cm³/mol. The summed E-state index contributed by atoms with van der Waals surface area (Å²) in [5, 5.41) is 2.78. The normalized spacial score (nSPS) is 22.2. The molecule has 0 radical (unpaired) electrons. The molecular formula is C12H15NO3S. The minimum Gasteiger partial charge on any atom is -0.352 e. The molecule has 1 saturated heterocycles. The number of hydrogen-bond donors (Lipinski definition) is 1. The maximum Gasteiger partial charge on any atom is 0.251 e. The molecule has 0 saturated carbocycles. The number of nitrogens with one attached hydrogen (secondary N) is 1. The minimum atomic E-state index is -2.86. The largest absolute Gasteiger partial charge is 0.352 e. The summed E-state index contributed by atoms with van der Waals surface area (Å²) in [6, 6.07) is 8.92. The zero-order valence-electron chi connectivity index (χ0n) is 9.43. The molecule has 0 aromatic heterocycles. The van der Waals surface area contributed by atoms with Gasteiger partial charge in [0, 0.05) is 12.1 Å². The first-order chi connectivity index (χ1) is 8.07. The van der Waals surface area contributed by atoms with Crippen LogP contribution in [-0.4, -0.2) is 32.4 Å². The van der Waals surface area contributed by atoms with Gasteiger partial charge in [-0.05, 0) is 24.5 Å². The molecule has 1 N–H and O–H groups in total. The van der Waals surface area contributed by atoms with Crippen LogP contribution in [0.2, 0.25) is 0 Å². The van der Waals surface area contributed by atoms with Crippen LogP contribution in [0.25, 0.3) is 0 Å². The summed E-state index contributed by atoms with van der Waals surface area (Å²) in [6.07, 6.45) is 0.650. The van der Waals surface area contributed by atoms with E-state index in [4.69, 9.17) is 0 Å². The van der Waals surface area contributed by atoms with Crippen LogP contribution >= 0.6 is 0 Å². The Hall–Kier alpha value is -1.36. The fourth-order valence-corrected chi connectivity index (χ4v) is 3.82. The van der Waals surface area contributed by atoms with Crippen molar-refractivity contribution in [2.75, 3.05) is 18.1 Å². The first kappa shape index (κ1) is 12.1. The van der Waals surface area contributed by atoms with Gasteiger partial charge in [-0.3, -0.25) is 4.79 Å². The molecule has 1 aromatic rings. The van der Waals surface area contributed by atoms with E-state index in [1.807, 2.05) is 6.07 Å². The van der Waals surface area contributed by atoms with E-state index < -0.39 is 9.84 Å². The summed E-state index contributed by atoms with van der Waals surface area (Å²) in [6.45, 7) is 0.437. The van der Waals surface area contributed by atoms with Crippen LogP contribution in [0, 0.1) is 5.92 Å². The van der Waals surface area contributed by atoms with Gasteiger partial charge >= 0.3 is 0 Å². The Bertz CT molecular complexity index is 496. The van der Waals surface area contributed by atoms with Crippen molar-refractivity contribution < 1.29 is 13.2 Å². The maximum atomic E-state index is 11.7. The third-order valence-corrected chi connectivity index (χ3v) is 4.75. The van der Waals surface area contributed by atoms with Crippen molar-refractivity contribution in [2.45, 2.75) is 6.42 Å². The molecule has 1 aliphatic heterocycles. The van der Waals surface area contributed by atoms with Crippen molar-refractivity contribution in [2.24, 2.45) is 5.92 Å². The van der Waals surface area contributed by atoms with Gasteiger partial charge in [0.05, 0.1) is 11.5 Å². The molecule has 1 aromatic carbocycles. The van der Waals surface area contributed by atoms with Crippen molar-refractivity contribution >= 4 is 15.7 Å². The molecule has 0 spiro atoms. The highest BCUT2D eigenvalue weighted by molar-refractivity contribution is 7.91. The Labute approximate surface area is 101 Å². The summed E-state index contributed by atoms with van der Waals surface area (Å²) in [7, 11) is -2.86. The lowest BCUT2D eigenvalue weighted by atomic mass is 10.1. The Morgan fingerprint density at radius 1 is 1.29 bits per heavy atom. The fraction of sp³-hybridized carbons (Fsp3) is 0.417. The third-order valence-electron chi connectivity index (χ3n) is 2.91. The van der Waals surface area contributed by atoms with Gasteiger partial charge in [-0.2, -0.15) is 0 Å². The summed E-state index contributed by atoms with van der Waals surface area (Å²) in [4.78, 5) is 11.7. The third kappa shape index (κ3) is 3.30. The molecule has 4 nitrogen and oxygen atoms in total. The smallest absolute Gasteiger partial charge is 0.251 e. The molecule has 1 amide bonds. The Morgan fingerprint density at radius 2 is 2.00 bits per heavy atom. The predicted octanol–water partition coefficient (Wildman–Crippen LogP) is 0.851. The SMILES string of the molecule is O=C(NCC1CCS(=O)(=O)C1)c1ccccc1. The van der Waals surface area contributed by atoms with E-state index in [-0.39, 0.29) is 23.3 Å². The highest BCUT2D eigenvalue weighted by atomic mass is 32.2. The zero-order valence-corrected chi connectivity index (χ0v) is 10.2. The van der Waals surface area contributed by atoms with Crippen molar-refractivity contribution in [1.29, 1.82) is 0 Å². The highest BCUT2D eigenvalue weighted by Crippen LogP contribution is 2.17. The average molecular weight is 253 g/mol. The first-order valence-corrected chi connectivity index (χ1v) is 7.43. The lowest BCUT2D eigenvalue weighted by Gasteiger charge is -2.09. The fourth-order valence-electron chi connectivity index (χ4n) is 1.96. The van der Waals surface area contributed by atoms with Crippen molar-refractivity contribution in [1.82, 2.24) is 5.32 Å². The van der Waals surface area contributed by atoms with E-state index in [2.05, 4.69) is 5.32 Å². The van der Waals surface area contributed by atoms with Gasteiger partial charge in [0.1, 0.15) is 0 Å². The van der Waals surface area contributed by atoms with Gasteiger partial charge in [0.25, 0.3) is 5.91 Å². The van der Waals surface area contributed by atoms with Crippen LogP contribution in [0.4, 0.5) is 0 Å². The van der Waals surface area contributed by atoms with Crippen LogP contribution in [0.3, 0.4) is 0 Å². The summed E-state index contributed by atoms with van der Waals surface area (Å²) < 4.78 is 22.5. The quantitative estimate of drug-likeness (QED) is 0.868. The molecule has 92 valence electrons. The molecule has 1 atom stereocenters. The van der Waals surface area contributed by atoms with Gasteiger partial charge < -0.3 is 5.32 Å². The van der Waals surface area contributed by atoms with Crippen LogP contribution in [0.15, 0.2) is 30.3 Å². The Kier molecular flexibility index (Phi) is 3.47. The number of benzene rings is 1. The van der Waals surface area contributed by atoms with Crippen LogP contribution < -0.4 is 5.32 Å². The number of carbonyl (C=O) groups excluding carboxylic acids is 1. The van der Waals surface area contributed by atoms with E-state index in [9.17, 15) is 13.2 Å². The summed E-state index contributed by atoms with van der Waals surface area (Å²) in [5.74, 6) is 0.364. The molecule has 1 aliphatic rings. The number of carbonyl (C=O) groups is 1. The minimum absolute atomic E-state index is 0.0627. The zero-order chi connectivity index (χ0) is 12.3. The standard InChI is InChI=1S/C12H15NO3S/c14-12(11-4-2-1-3-5-11)13-8-10-6-7-17(15,16)9-10/h1-5,10H,6-9H2,(H,13,14). The van der Waals surface area contributed by atoms with Crippen LogP contribution in [0.1, 0.15) is 16.8 Å². The summed E-state index contributed by atoms with van der Waals surface area (Å²) in [5.41, 5.74) is 0.605.